The zero-order valence-corrected chi connectivity index (χ0v) is 14.3. The van der Waals surface area contributed by atoms with Crippen LogP contribution in [0.3, 0.4) is 0 Å². The van der Waals surface area contributed by atoms with Gasteiger partial charge in [-0.2, -0.15) is 10.2 Å². The minimum absolute atomic E-state index is 0.300. The fraction of sp³-hybridized carbons (Fsp3) is 0.167. The highest BCUT2D eigenvalue weighted by Crippen LogP contribution is 2.32. The van der Waals surface area contributed by atoms with Crippen molar-refractivity contribution in [3.05, 3.63) is 65.0 Å². The van der Waals surface area contributed by atoms with Gasteiger partial charge in [0.15, 0.2) is 5.65 Å². The van der Waals surface area contributed by atoms with E-state index in [-0.39, 0.29) is 5.69 Å². The van der Waals surface area contributed by atoms with Gasteiger partial charge in [-0.3, -0.25) is 4.68 Å². The topological polar surface area (TPSA) is 86.4 Å². The summed E-state index contributed by atoms with van der Waals surface area (Å²) in [6, 6.07) is 11.2. The summed E-state index contributed by atoms with van der Waals surface area (Å²) in [5.41, 5.74) is 2.68. The summed E-state index contributed by atoms with van der Waals surface area (Å²) in [7, 11) is 3.47. The van der Waals surface area contributed by atoms with E-state index < -0.39 is 0 Å². The molecule has 0 fully saturated rings. The minimum Gasteiger partial charge on any atom is -0.497 e. The van der Waals surface area contributed by atoms with Crippen molar-refractivity contribution < 1.29 is 9.47 Å². The Bertz CT molecular complexity index is 1110. The molecule has 3 heterocycles. The fourth-order valence-corrected chi connectivity index (χ4v) is 2.73. The lowest BCUT2D eigenvalue weighted by Crippen LogP contribution is -2.09. The molecule has 0 radical (unpaired) electrons. The number of H-pyrrole nitrogens is 1. The molecule has 0 amide bonds. The summed E-state index contributed by atoms with van der Waals surface area (Å²) in [6.45, 7) is 0.314. The molecular weight excluding hydrogens is 334 g/mol. The number of hydrogen-bond acceptors (Lipinski definition) is 5. The second kappa shape index (κ2) is 6.40. The number of ether oxygens (including phenoxy) is 2. The van der Waals surface area contributed by atoms with E-state index in [1.807, 2.05) is 43.6 Å². The SMILES string of the molecule is COc1ccc(-c2cn3c(=O)[nH]nc3cc2OCc2ccn(C)n2)cc1. The highest BCUT2D eigenvalue weighted by Gasteiger charge is 2.12. The van der Waals surface area contributed by atoms with E-state index in [0.717, 1.165) is 22.6 Å². The van der Waals surface area contributed by atoms with Crippen LogP contribution in [0, 0.1) is 0 Å². The number of hydrogen-bond donors (Lipinski definition) is 1. The van der Waals surface area contributed by atoms with Crippen molar-refractivity contribution in [2.45, 2.75) is 6.61 Å². The molecule has 0 bridgehead atoms. The summed E-state index contributed by atoms with van der Waals surface area (Å²) in [5, 5.41) is 10.8. The lowest BCUT2D eigenvalue weighted by Gasteiger charge is -2.12. The number of aromatic amines is 1. The van der Waals surface area contributed by atoms with Gasteiger partial charge in [0.1, 0.15) is 18.1 Å². The van der Waals surface area contributed by atoms with Gasteiger partial charge in [-0.25, -0.2) is 14.3 Å². The molecule has 0 aliphatic heterocycles. The molecule has 132 valence electrons. The number of fused-ring (bicyclic) bond motifs is 1. The van der Waals surface area contributed by atoms with Gasteiger partial charge < -0.3 is 9.47 Å². The lowest BCUT2D eigenvalue weighted by atomic mass is 10.1. The molecule has 8 heteroatoms. The maximum Gasteiger partial charge on any atom is 0.347 e. The Morgan fingerprint density at radius 3 is 2.69 bits per heavy atom. The molecule has 0 unspecified atom stereocenters. The second-order valence-electron chi connectivity index (χ2n) is 5.81. The van der Waals surface area contributed by atoms with E-state index in [1.54, 1.807) is 24.1 Å². The monoisotopic (exact) mass is 351 g/mol. The molecule has 0 atom stereocenters. The van der Waals surface area contributed by atoms with E-state index in [2.05, 4.69) is 15.3 Å². The Kier molecular flexibility index (Phi) is 3.92. The van der Waals surface area contributed by atoms with Crippen molar-refractivity contribution in [2.75, 3.05) is 7.11 Å². The number of pyridine rings is 1. The third kappa shape index (κ3) is 2.92. The average molecular weight is 351 g/mol. The predicted octanol–water partition coefficient (Wildman–Crippen LogP) is 2.01. The second-order valence-corrected chi connectivity index (χ2v) is 5.81. The molecule has 4 aromatic rings. The quantitative estimate of drug-likeness (QED) is 0.594. The Morgan fingerprint density at radius 1 is 1.19 bits per heavy atom. The van der Waals surface area contributed by atoms with Crippen LogP contribution in [0.15, 0.2) is 53.6 Å². The van der Waals surface area contributed by atoms with E-state index in [0.29, 0.717) is 18.0 Å². The van der Waals surface area contributed by atoms with Crippen LogP contribution in [0.1, 0.15) is 5.69 Å². The van der Waals surface area contributed by atoms with Gasteiger partial charge in [-0.05, 0) is 23.8 Å². The third-order valence-electron chi connectivity index (χ3n) is 4.06. The van der Waals surface area contributed by atoms with Crippen molar-refractivity contribution in [2.24, 2.45) is 7.05 Å². The number of nitrogens with one attached hydrogen (secondary N) is 1. The lowest BCUT2D eigenvalue weighted by molar-refractivity contribution is 0.301. The zero-order chi connectivity index (χ0) is 18.1. The number of benzene rings is 1. The molecule has 26 heavy (non-hydrogen) atoms. The predicted molar refractivity (Wildman–Crippen MR) is 95.3 cm³/mol. The number of rotatable bonds is 5. The highest BCUT2D eigenvalue weighted by atomic mass is 16.5. The summed E-state index contributed by atoms with van der Waals surface area (Å²) in [6.07, 6.45) is 3.58. The van der Waals surface area contributed by atoms with Crippen molar-refractivity contribution in [1.82, 2.24) is 24.4 Å². The number of aryl methyl sites for hydroxylation is 1. The third-order valence-corrected chi connectivity index (χ3v) is 4.06. The molecule has 3 aromatic heterocycles. The van der Waals surface area contributed by atoms with Crippen molar-refractivity contribution in [1.29, 1.82) is 0 Å². The first-order chi connectivity index (χ1) is 12.6. The first kappa shape index (κ1) is 15.9. The van der Waals surface area contributed by atoms with Crippen LogP contribution in [-0.4, -0.2) is 31.5 Å². The molecule has 0 aliphatic rings. The zero-order valence-electron chi connectivity index (χ0n) is 14.3. The number of methoxy groups -OCH3 is 1. The smallest absolute Gasteiger partial charge is 0.347 e. The van der Waals surface area contributed by atoms with Gasteiger partial charge >= 0.3 is 5.69 Å². The Labute approximate surface area is 148 Å². The van der Waals surface area contributed by atoms with Gasteiger partial charge in [0.2, 0.25) is 0 Å². The van der Waals surface area contributed by atoms with E-state index in [4.69, 9.17) is 9.47 Å². The van der Waals surface area contributed by atoms with Crippen LogP contribution in [0.4, 0.5) is 0 Å². The van der Waals surface area contributed by atoms with Gasteiger partial charge in [0, 0.05) is 31.1 Å². The Balaban J connectivity index is 1.76. The highest BCUT2D eigenvalue weighted by molar-refractivity contribution is 5.72. The van der Waals surface area contributed by atoms with Gasteiger partial charge in [0.25, 0.3) is 0 Å². The summed E-state index contributed by atoms with van der Waals surface area (Å²) >= 11 is 0. The maximum absolute atomic E-state index is 11.9. The van der Waals surface area contributed by atoms with Crippen LogP contribution in [-0.2, 0) is 13.7 Å². The first-order valence-corrected chi connectivity index (χ1v) is 8.00. The average Bonchev–Trinajstić information content (AvgIpc) is 3.25. The van der Waals surface area contributed by atoms with Crippen molar-refractivity contribution in [3.8, 4) is 22.6 Å². The van der Waals surface area contributed by atoms with E-state index in [9.17, 15) is 4.79 Å². The molecule has 0 spiro atoms. The van der Waals surface area contributed by atoms with Crippen molar-refractivity contribution >= 4 is 5.65 Å². The molecule has 0 saturated heterocycles. The largest absolute Gasteiger partial charge is 0.497 e. The molecule has 8 nitrogen and oxygen atoms in total. The van der Waals surface area contributed by atoms with Gasteiger partial charge in [0.05, 0.1) is 12.8 Å². The van der Waals surface area contributed by atoms with Gasteiger partial charge in [-0.15, -0.1) is 0 Å². The summed E-state index contributed by atoms with van der Waals surface area (Å²) < 4.78 is 14.4. The molecule has 0 aliphatic carbocycles. The van der Waals surface area contributed by atoms with E-state index >= 15 is 0 Å². The summed E-state index contributed by atoms with van der Waals surface area (Å²) in [4.78, 5) is 11.9. The molecule has 1 aromatic carbocycles. The molecular formula is C18H17N5O3. The first-order valence-electron chi connectivity index (χ1n) is 8.00. The normalized spacial score (nSPS) is 11.0. The number of aromatic nitrogens is 5. The van der Waals surface area contributed by atoms with Crippen molar-refractivity contribution in [3.63, 3.8) is 0 Å². The van der Waals surface area contributed by atoms with Crippen LogP contribution in [0.5, 0.6) is 11.5 Å². The van der Waals surface area contributed by atoms with E-state index in [1.165, 1.54) is 4.40 Å². The van der Waals surface area contributed by atoms with Crippen LogP contribution >= 0.6 is 0 Å². The number of nitrogens with zero attached hydrogens (tertiary/aromatic N) is 4. The molecule has 0 saturated carbocycles. The Hall–Kier alpha value is -3.55. The Morgan fingerprint density at radius 2 is 2.00 bits per heavy atom. The molecule has 1 N–H and O–H groups in total. The van der Waals surface area contributed by atoms with Crippen LogP contribution < -0.4 is 15.2 Å². The van der Waals surface area contributed by atoms with Crippen LogP contribution in [0.25, 0.3) is 16.8 Å². The van der Waals surface area contributed by atoms with Gasteiger partial charge in [-0.1, -0.05) is 12.1 Å². The standard InChI is InChI=1S/C18H17N5O3/c1-22-8-7-13(21-22)11-26-16-9-17-19-20-18(24)23(17)10-15(16)12-3-5-14(25-2)6-4-12/h3-10H,11H2,1-2H3,(H,20,24). The summed E-state index contributed by atoms with van der Waals surface area (Å²) in [5.74, 6) is 1.37. The fourth-order valence-electron chi connectivity index (χ4n) is 2.73. The molecule has 4 rings (SSSR count). The minimum atomic E-state index is -0.300. The maximum atomic E-state index is 11.9. The van der Waals surface area contributed by atoms with Crippen LogP contribution in [0.2, 0.25) is 0 Å².